The van der Waals surface area contributed by atoms with Crippen LogP contribution in [0.15, 0.2) is 4.52 Å². The van der Waals surface area contributed by atoms with Gasteiger partial charge in [-0.05, 0) is 33.6 Å². The Labute approximate surface area is 129 Å². The summed E-state index contributed by atoms with van der Waals surface area (Å²) in [5.74, 6) is -0.967. The van der Waals surface area contributed by atoms with Crippen molar-refractivity contribution in [1.82, 2.24) is 10.5 Å². The number of aryl methyl sites for hydroxylation is 2. The van der Waals surface area contributed by atoms with Crippen molar-refractivity contribution < 1.29 is 18.8 Å². The van der Waals surface area contributed by atoms with E-state index in [9.17, 15) is 14.9 Å². The number of aromatic nitrogens is 1. The molecule has 0 bridgehead atoms. The highest BCUT2D eigenvalue weighted by Gasteiger charge is 2.33. The second kappa shape index (κ2) is 6.60. The molecule has 7 nitrogen and oxygen atoms in total. The summed E-state index contributed by atoms with van der Waals surface area (Å²) in [6, 6.07) is 2.07. The molecule has 0 saturated carbocycles. The molecule has 1 amide bonds. The van der Waals surface area contributed by atoms with Crippen molar-refractivity contribution in [3.63, 3.8) is 0 Å². The van der Waals surface area contributed by atoms with Crippen LogP contribution in [0.1, 0.15) is 49.5 Å². The van der Waals surface area contributed by atoms with Gasteiger partial charge >= 0.3 is 5.97 Å². The molecule has 0 saturated heterocycles. The fourth-order valence-corrected chi connectivity index (χ4v) is 1.71. The largest absolute Gasteiger partial charge is 0.449 e. The van der Waals surface area contributed by atoms with Crippen LogP contribution in [0.4, 0.5) is 0 Å². The molecular formula is C15H21N3O4. The Morgan fingerprint density at radius 1 is 1.36 bits per heavy atom. The van der Waals surface area contributed by atoms with E-state index >= 15 is 0 Å². The molecule has 0 aliphatic heterocycles. The van der Waals surface area contributed by atoms with Crippen LogP contribution in [0.25, 0.3) is 0 Å². The van der Waals surface area contributed by atoms with E-state index in [1.165, 1.54) is 6.92 Å². The molecule has 2 atom stereocenters. The molecule has 1 aromatic heterocycles. The molecule has 0 aliphatic rings. The number of nitrogens with one attached hydrogen (secondary N) is 1. The number of rotatable bonds is 5. The average molecular weight is 307 g/mol. The summed E-state index contributed by atoms with van der Waals surface area (Å²) in [4.78, 5) is 24.2. The van der Waals surface area contributed by atoms with Crippen LogP contribution in [0.5, 0.6) is 0 Å². The lowest BCUT2D eigenvalue weighted by atomic mass is 9.90. The van der Waals surface area contributed by atoms with Crippen LogP contribution in [-0.4, -0.2) is 28.7 Å². The first kappa shape index (κ1) is 17.7. The van der Waals surface area contributed by atoms with E-state index in [4.69, 9.17) is 9.26 Å². The first-order valence-corrected chi connectivity index (χ1v) is 6.99. The molecule has 1 aromatic rings. The first-order valence-electron chi connectivity index (χ1n) is 6.99. The molecule has 7 heteroatoms. The zero-order chi connectivity index (χ0) is 17.1. The van der Waals surface area contributed by atoms with E-state index in [0.29, 0.717) is 11.5 Å². The smallest absolute Gasteiger partial charge is 0.344 e. The van der Waals surface area contributed by atoms with Gasteiger partial charge in [0.1, 0.15) is 16.9 Å². The van der Waals surface area contributed by atoms with Crippen molar-refractivity contribution in [2.45, 2.75) is 53.2 Å². The lowest BCUT2D eigenvalue weighted by Gasteiger charge is -2.28. The molecule has 1 N–H and O–H groups in total. The third-order valence-electron chi connectivity index (χ3n) is 3.66. The van der Waals surface area contributed by atoms with Gasteiger partial charge in [0.05, 0.1) is 11.8 Å². The Balaban J connectivity index is 2.77. The zero-order valence-corrected chi connectivity index (χ0v) is 13.7. The minimum Gasteiger partial charge on any atom is -0.449 e. The number of nitrogens with zero attached hydrogens (tertiary/aromatic N) is 2. The summed E-state index contributed by atoms with van der Waals surface area (Å²) >= 11 is 0. The van der Waals surface area contributed by atoms with Gasteiger partial charge in [-0.25, -0.2) is 4.79 Å². The molecule has 0 aromatic carbocycles. The van der Waals surface area contributed by atoms with Gasteiger partial charge in [-0.15, -0.1) is 0 Å². The first-order chi connectivity index (χ1) is 10.1. The predicted molar refractivity (Wildman–Crippen MR) is 77.9 cm³/mol. The molecule has 0 spiro atoms. The fraction of sp³-hybridized carbons (Fsp3) is 0.600. The molecule has 120 valence electrons. The summed E-state index contributed by atoms with van der Waals surface area (Å²) in [5.41, 5.74) is -0.411. The molecule has 0 radical (unpaired) electrons. The number of ether oxygens (including phenoxy) is 1. The second-order valence-electron chi connectivity index (χ2n) is 5.70. The maximum atomic E-state index is 12.1. The monoisotopic (exact) mass is 307 g/mol. The molecule has 0 aliphatic carbocycles. The number of amides is 1. The zero-order valence-electron chi connectivity index (χ0n) is 13.7. The number of esters is 1. The van der Waals surface area contributed by atoms with Crippen molar-refractivity contribution in [3.8, 4) is 6.07 Å². The summed E-state index contributed by atoms with van der Waals surface area (Å²) in [6.07, 6.45) is -1.03. The molecule has 1 rings (SSSR count). The second-order valence-corrected chi connectivity index (χ2v) is 5.70. The third kappa shape index (κ3) is 3.64. The van der Waals surface area contributed by atoms with Gasteiger partial charge in [0, 0.05) is 0 Å². The Kier molecular flexibility index (Phi) is 5.31. The minimum atomic E-state index is -1.03. The van der Waals surface area contributed by atoms with Crippen molar-refractivity contribution in [2.24, 2.45) is 5.92 Å². The van der Waals surface area contributed by atoms with E-state index in [1.807, 2.05) is 13.8 Å². The van der Waals surface area contributed by atoms with E-state index in [0.717, 1.165) is 0 Å². The normalized spacial score (nSPS) is 14.8. The standard InChI is InChI=1S/C15H21N3O4/c1-8(2)15(6,7-16)17-13(19)11(5)21-14(20)12-9(3)18-22-10(12)4/h8,11H,1-6H3,(H,17,19). The summed E-state index contributed by atoms with van der Waals surface area (Å²) in [5, 5.41) is 15.5. The van der Waals surface area contributed by atoms with Gasteiger partial charge in [-0.2, -0.15) is 5.26 Å². The van der Waals surface area contributed by atoms with Gasteiger partial charge < -0.3 is 14.6 Å². The van der Waals surface area contributed by atoms with Crippen LogP contribution >= 0.6 is 0 Å². The summed E-state index contributed by atoms with van der Waals surface area (Å²) in [6.45, 7) is 9.92. The van der Waals surface area contributed by atoms with Crippen molar-refractivity contribution >= 4 is 11.9 Å². The van der Waals surface area contributed by atoms with Crippen LogP contribution in [-0.2, 0) is 9.53 Å². The third-order valence-corrected chi connectivity index (χ3v) is 3.66. The fourth-order valence-electron chi connectivity index (χ4n) is 1.71. The van der Waals surface area contributed by atoms with E-state index in [1.54, 1.807) is 20.8 Å². The lowest BCUT2D eigenvalue weighted by Crippen LogP contribution is -2.52. The van der Waals surface area contributed by atoms with Crippen LogP contribution in [0.2, 0.25) is 0 Å². The van der Waals surface area contributed by atoms with Gasteiger partial charge in [0.15, 0.2) is 6.10 Å². The van der Waals surface area contributed by atoms with Gasteiger partial charge in [0.2, 0.25) is 0 Å². The Morgan fingerprint density at radius 2 is 1.95 bits per heavy atom. The Hall–Kier alpha value is -2.36. The molecule has 2 unspecified atom stereocenters. The highest BCUT2D eigenvalue weighted by molar-refractivity contribution is 5.94. The maximum absolute atomic E-state index is 12.1. The molecular weight excluding hydrogens is 286 g/mol. The van der Waals surface area contributed by atoms with Crippen LogP contribution in [0, 0.1) is 31.1 Å². The SMILES string of the molecule is Cc1noc(C)c1C(=O)OC(C)C(=O)NC(C)(C#N)C(C)C. The quantitative estimate of drug-likeness (QED) is 0.833. The molecule has 22 heavy (non-hydrogen) atoms. The maximum Gasteiger partial charge on any atom is 0.344 e. The number of nitriles is 1. The van der Waals surface area contributed by atoms with E-state index in [-0.39, 0.29) is 11.5 Å². The van der Waals surface area contributed by atoms with Gasteiger partial charge in [0.25, 0.3) is 5.91 Å². The van der Waals surface area contributed by atoms with E-state index in [2.05, 4.69) is 16.5 Å². The van der Waals surface area contributed by atoms with Crippen molar-refractivity contribution in [2.75, 3.05) is 0 Å². The Morgan fingerprint density at radius 3 is 2.36 bits per heavy atom. The average Bonchev–Trinajstić information content (AvgIpc) is 2.77. The lowest BCUT2D eigenvalue weighted by molar-refractivity contribution is -0.130. The highest BCUT2D eigenvalue weighted by Crippen LogP contribution is 2.17. The van der Waals surface area contributed by atoms with Gasteiger partial charge in [-0.1, -0.05) is 19.0 Å². The highest BCUT2D eigenvalue weighted by atomic mass is 16.5. The van der Waals surface area contributed by atoms with Gasteiger partial charge in [-0.3, -0.25) is 4.79 Å². The topological polar surface area (TPSA) is 105 Å². The molecule has 1 heterocycles. The van der Waals surface area contributed by atoms with Crippen LogP contribution in [0.3, 0.4) is 0 Å². The predicted octanol–water partition coefficient (Wildman–Crippen LogP) is 1.89. The summed E-state index contributed by atoms with van der Waals surface area (Å²) in [7, 11) is 0. The number of carbonyl (C=O) groups is 2. The minimum absolute atomic E-state index is 0.0908. The Bertz CT molecular complexity index is 595. The number of carbonyl (C=O) groups excluding carboxylic acids is 2. The molecule has 0 fully saturated rings. The number of hydrogen-bond donors (Lipinski definition) is 1. The van der Waals surface area contributed by atoms with Crippen molar-refractivity contribution in [1.29, 1.82) is 5.26 Å². The van der Waals surface area contributed by atoms with Crippen molar-refractivity contribution in [3.05, 3.63) is 17.0 Å². The summed E-state index contributed by atoms with van der Waals surface area (Å²) < 4.78 is 10.0. The van der Waals surface area contributed by atoms with Crippen LogP contribution < -0.4 is 5.32 Å². The number of hydrogen-bond acceptors (Lipinski definition) is 6. The van der Waals surface area contributed by atoms with E-state index < -0.39 is 23.5 Å².